The lowest BCUT2D eigenvalue weighted by molar-refractivity contribution is 0.0230. The Kier molecular flexibility index (Phi) is 14.2. The molecule has 2 aromatic carbocycles. The molecule has 0 spiro atoms. The maximum absolute atomic E-state index is 13.3. The lowest BCUT2D eigenvalue weighted by atomic mass is 10.2. The molecule has 342 valence electrons. The summed E-state index contributed by atoms with van der Waals surface area (Å²) in [5, 5.41) is 1.52. The fourth-order valence-electron chi connectivity index (χ4n) is 7.32. The number of aromatic nitrogens is 4. The number of piperazine rings is 2. The van der Waals surface area contributed by atoms with Crippen molar-refractivity contribution in [3.8, 4) is 0 Å². The number of hydrogen-bond acceptors (Lipinski definition) is 12. The standard InChI is InChI=1S/C22H25IN4O4S.C22H26N4O4S.FH/c1-22(2,3)31-21(28)26-13-11-25(12-14-26)18-9-10-24-20-17(18)15-19(23)27(20)32(29,30)16-7-5-4-6-8-16;1-22(2,3)30-21(27)25-15-13-24(14-16-25)19-9-11-23-20-18(19)10-12-26(20)31(28,29)17-7-5-4-6-8-17;/h4-10,15H,11-14H2,1-3H3;4-12H,13-16H2,1-3H3;1H. The summed E-state index contributed by atoms with van der Waals surface area (Å²) in [6.07, 6.45) is 4.17. The topological polar surface area (TPSA) is 169 Å². The second-order valence-corrected chi connectivity index (χ2v) is 21.7. The smallest absolute Gasteiger partial charge is 0.410 e. The Morgan fingerprint density at radius 1 is 0.578 bits per heavy atom. The molecule has 0 unspecified atom stereocenters. The molecule has 2 aliphatic heterocycles. The summed E-state index contributed by atoms with van der Waals surface area (Å²) in [6.45, 7) is 15.7. The van der Waals surface area contributed by atoms with Gasteiger partial charge in [-0.15, -0.1) is 0 Å². The lowest BCUT2D eigenvalue weighted by Crippen LogP contribution is -2.50. The minimum atomic E-state index is -3.78. The van der Waals surface area contributed by atoms with E-state index in [1.54, 1.807) is 95.1 Å². The molecule has 0 saturated carbocycles. The summed E-state index contributed by atoms with van der Waals surface area (Å²) in [5.74, 6) is 0. The van der Waals surface area contributed by atoms with E-state index in [2.05, 4.69) is 19.8 Å². The zero-order chi connectivity index (χ0) is 45.3. The van der Waals surface area contributed by atoms with E-state index >= 15 is 0 Å². The first kappa shape index (κ1) is 48.0. The second-order valence-electron chi connectivity index (χ2n) is 17.0. The zero-order valence-corrected chi connectivity index (χ0v) is 40.2. The van der Waals surface area contributed by atoms with E-state index in [0.29, 0.717) is 67.4 Å². The minimum Gasteiger partial charge on any atom is -0.444 e. The molecular formula is C44H52FIN8O8S2. The van der Waals surface area contributed by atoms with Gasteiger partial charge in [-0.2, -0.15) is 0 Å². The lowest BCUT2D eigenvalue weighted by Gasteiger charge is -2.37. The minimum absolute atomic E-state index is 0. The summed E-state index contributed by atoms with van der Waals surface area (Å²) in [6, 6.07) is 24.1. The van der Waals surface area contributed by atoms with Gasteiger partial charge in [0.1, 0.15) is 11.2 Å². The van der Waals surface area contributed by atoms with Crippen LogP contribution in [-0.4, -0.2) is 120 Å². The highest BCUT2D eigenvalue weighted by molar-refractivity contribution is 14.1. The number of hydrogen-bond donors (Lipinski definition) is 0. The molecule has 2 saturated heterocycles. The van der Waals surface area contributed by atoms with E-state index in [1.807, 2.05) is 82.3 Å². The van der Waals surface area contributed by atoms with Crippen molar-refractivity contribution in [1.82, 2.24) is 27.7 Å². The number of carbonyl (C=O) groups excluding carboxylic acids is 2. The van der Waals surface area contributed by atoms with E-state index in [4.69, 9.17) is 9.47 Å². The van der Waals surface area contributed by atoms with Crippen LogP contribution in [0.15, 0.2) is 113 Å². The van der Waals surface area contributed by atoms with Crippen LogP contribution < -0.4 is 9.80 Å². The van der Waals surface area contributed by atoms with Crippen molar-refractivity contribution in [2.45, 2.75) is 62.5 Å². The van der Waals surface area contributed by atoms with Gasteiger partial charge >= 0.3 is 12.2 Å². The maximum atomic E-state index is 13.3. The molecule has 0 radical (unpaired) electrons. The van der Waals surface area contributed by atoms with E-state index in [0.717, 1.165) is 22.1 Å². The van der Waals surface area contributed by atoms with E-state index in [1.165, 1.54) is 7.94 Å². The Labute approximate surface area is 386 Å². The SMILES string of the molecule is CC(C)(C)OC(=O)N1CCN(c2ccnc3c2cc(I)n3S(=O)(=O)c2ccccc2)CC1.CC(C)(C)OC(=O)N1CCN(c2ccnc3c2ccn3S(=O)(=O)c2ccccc2)CC1.F. The molecule has 6 heterocycles. The van der Waals surface area contributed by atoms with Crippen molar-refractivity contribution in [3.63, 3.8) is 0 Å². The number of rotatable bonds is 6. The quantitative estimate of drug-likeness (QED) is 0.152. The first-order chi connectivity index (χ1) is 29.7. The second kappa shape index (κ2) is 18.9. The van der Waals surface area contributed by atoms with Crippen LogP contribution in [0.4, 0.5) is 25.7 Å². The van der Waals surface area contributed by atoms with Crippen LogP contribution in [0.5, 0.6) is 0 Å². The van der Waals surface area contributed by atoms with Gasteiger partial charge in [0.25, 0.3) is 20.0 Å². The number of carbonyl (C=O) groups is 2. The molecule has 2 amide bonds. The molecular weight excluding hydrogens is 979 g/mol. The third-order valence-electron chi connectivity index (χ3n) is 10.3. The zero-order valence-electron chi connectivity index (χ0n) is 36.4. The Morgan fingerprint density at radius 2 is 1.00 bits per heavy atom. The van der Waals surface area contributed by atoms with Gasteiger partial charge in [0, 0.05) is 93.1 Å². The Hall–Kier alpha value is -5.48. The molecule has 0 atom stereocenters. The van der Waals surface area contributed by atoms with E-state index in [9.17, 15) is 26.4 Å². The normalized spacial score (nSPS) is 15.0. The predicted octanol–water partition coefficient (Wildman–Crippen LogP) is 7.42. The van der Waals surface area contributed by atoms with Crippen molar-refractivity contribution < 1.29 is 40.6 Å². The fraction of sp³-hybridized carbons (Fsp3) is 0.364. The first-order valence-electron chi connectivity index (χ1n) is 20.4. The molecule has 4 aromatic heterocycles. The van der Waals surface area contributed by atoms with Crippen LogP contribution in [0.3, 0.4) is 0 Å². The number of fused-ring (bicyclic) bond motifs is 2. The van der Waals surface area contributed by atoms with Gasteiger partial charge < -0.3 is 29.1 Å². The number of pyridine rings is 2. The Morgan fingerprint density at radius 3 is 1.45 bits per heavy atom. The van der Waals surface area contributed by atoms with Gasteiger partial charge in [0.15, 0.2) is 11.3 Å². The highest BCUT2D eigenvalue weighted by atomic mass is 127. The monoisotopic (exact) mass is 1030 g/mol. The molecule has 20 heteroatoms. The summed E-state index contributed by atoms with van der Waals surface area (Å²) in [5.41, 5.74) is 1.52. The van der Waals surface area contributed by atoms with Gasteiger partial charge in [-0.1, -0.05) is 36.4 Å². The number of ether oxygens (including phenoxy) is 2. The third-order valence-corrected chi connectivity index (χ3v) is 14.8. The molecule has 2 aliphatic rings. The maximum Gasteiger partial charge on any atom is 0.410 e. The number of halogens is 2. The predicted molar refractivity (Wildman–Crippen MR) is 253 cm³/mol. The van der Waals surface area contributed by atoms with Crippen molar-refractivity contribution >= 4 is 88.3 Å². The van der Waals surface area contributed by atoms with E-state index < -0.39 is 31.2 Å². The van der Waals surface area contributed by atoms with Crippen LogP contribution >= 0.6 is 22.6 Å². The summed E-state index contributed by atoms with van der Waals surface area (Å²) in [7, 11) is -7.52. The highest BCUT2D eigenvalue weighted by Gasteiger charge is 2.30. The fourth-order valence-corrected chi connectivity index (χ4v) is 11.3. The van der Waals surface area contributed by atoms with Crippen molar-refractivity contribution in [2.75, 3.05) is 62.2 Å². The molecule has 0 bridgehead atoms. The van der Waals surface area contributed by atoms with Gasteiger partial charge in [0.05, 0.1) is 13.5 Å². The van der Waals surface area contributed by atoms with Crippen LogP contribution in [0.25, 0.3) is 22.1 Å². The Balaban J connectivity index is 0.000000209. The van der Waals surface area contributed by atoms with Crippen LogP contribution in [0.2, 0.25) is 0 Å². The number of benzene rings is 2. The Bertz CT molecular complexity index is 2830. The van der Waals surface area contributed by atoms with Crippen molar-refractivity contribution in [1.29, 1.82) is 0 Å². The van der Waals surface area contributed by atoms with Crippen LogP contribution in [-0.2, 0) is 29.5 Å². The van der Waals surface area contributed by atoms with Crippen LogP contribution in [0, 0.1) is 3.70 Å². The molecule has 0 N–H and O–H groups in total. The number of amides is 2. The average molecular weight is 1030 g/mol. The molecule has 2 fully saturated rings. The molecule has 64 heavy (non-hydrogen) atoms. The van der Waals surface area contributed by atoms with Gasteiger partial charge in [0.2, 0.25) is 0 Å². The van der Waals surface area contributed by atoms with Gasteiger partial charge in [-0.05, 0) is 113 Å². The number of nitrogens with zero attached hydrogens (tertiary/aromatic N) is 8. The highest BCUT2D eigenvalue weighted by Crippen LogP contribution is 2.33. The first-order valence-corrected chi connectivity index (χ1v) is 24.4. The number of anilines is 2. The van der Waals surface area contributed by atoms with Crippen molar-refractivity contribution in [2.24, 2.45) is 0 Å². The third kappa shape index (κ3) is 10.4. The molecule has 0 aliphatic carbocycles. The average Bonchev–Trinajstić information content (AvgIpc) is 3.85. The largest absolute Gasteiger partial charge is 0.444 e. The van der Waals surface area contributed by atoms with Crippen LogP contribution in [0.1, 0.15) is 41.5 Å². The van der Waals surface area contributed by atoms with Gasteiger partial charge in [-0.25, -0.2) is 44.3 Å². The summed E-state index contributed by atoms with van der Waals surface area (Å²) in [4.78, 5) is 41.6. The van der Waals surface area contributed by atoms with Crippen molar-refractivity contribution in [3.05, 3.63) is 107 Å². The van der Waals surface area contributed by atoms with Gasteiger partial charge in [-0.3, -0.25) is 4.70 Å². The summed E-state index contributed by atoms with van der Waals surface area (Å²) < 4.78 is 66.8. The van der Waals surface area contributed by atoms with E-state index in [-0.39, 0.29) is 26.7 Å². The molecule has 8 rings (SSSR count). The summed E-state index contributed by atoms with van der Waals surface area (Å²) >= 11 is 2.03. The molecule has 16 nitrogen and oxygen atoms in total. The molecule has 6 aromatic rings.